The third-order valence-corrected chi connectivity index (χ3v) is 3.91. The molecule has 4 nitrogen and oxygen atoms in total. The van der Waals surface area contributed by atoms with Gasteiger partial charge in [0.1, 0.15) is 11.6 Å². The van der Waals surface area contributed by atoms with E-state index in [1.54, 1.807) is 19.2 Å². The Hall–Kier alpha value is -1.83. The van der Waals surface area contributed by atoms with Crippen LogP contribution >= 0.6 is 24.0 Å². The number of anilines is 1. The average Bonchev–Trinajstić information content (AvgIpc) is 3.39. The van der Waals surface area contributed by atoms with Gasteiger partial charge in [-0.2, -0.15) is 0 Å². The van der Waals surface area contributed by atoms with Gasteiger partial charge in [-0.25, -0.2) is 9.38 Å². The molecule has 1 saturated carbocycles. The Morgan fingerprint density at radius 2 is 1.96 bits per heavy atom. The molecule has 6 heteroatoms. The summed E-state index contributed by atoms with van der Waals surface area (Å²) in [5, 5.41) is 2.97. The molecule has 3 N–H and O–H groups in total. The molecule has 0 bridgehead atoms. The lowest BCUT2D eigenvalue weighted by molar-refractivity contribution is 0.415. The minimum absolute atomic E-state index is 0. The van der Waals surface area contributed by atoms with E-state index in [2.05, 4.69) is 10.3 Å². The highest BCUT2D eigenvalue weighted by Gasteiger charge is 2.24. The number of nitrogens with two attached hydrogens (primary N) is 1. The Morgan fingerprint density at radius 1 is 1.25 bits per heavy atom. The first-order valence-electron chi connectivity index (χ1n) is 7.65. The molecule has 1 aliphatic carbocycles. The van der Waals surface area contributed by atoms with Crippen molar-refractivity contribution in [3.63, 3.8) is 0 Å². The van der Waals surface area contributed by atoms with Gasteiger partial charge in [0.25, 0.3) is 0 Å². The molecule has 128 valence electrons. The largest absolute Gasteiger partial charge is 0.497 e. The summed E-state index contributed by atoms with van der Waals surface area (Å²) in [6.45, 7) is 0.214. The summed E-state index contributed by atoms with van der Waals surface area (Å²) in [6, 6.07) is 12.7. The molecule has 0 aliphatic heterocycles. The van der Waals surface area contributed by atoms with Gasteiger partial charge in [0.2, 0.25) is 0 Å². The fourth-order valence-corrected chi connectivity index (χ4v) is 2.39. The first kappa shape index (κ1) is 18.5. The number of halogens is 2. The summed E-state index contributed by atoms with van der Waals surface area (Å²) in [5.74, 6) is 1.35. The molecule has 0 amide bonds. The zero-order chi connectivity index (χ0) is 16.2. The molecule has 0 aromatic heterocycles. The number of benzene rings is 2. The lowest BCUT2D eigenvalue weighted by Gasteiger charge is -2.07. The lowest BCUT2D eigenvalue weighted by atomic mass is 10.1. The van der Waals surface area contributed by atoms with Gasteiger partial charge in [-0.05, 0) is 54.7 Å². The van der Waals surface area contributed by atoms with Gasteiger partial charge in [-0.1, -0.05) is 12.1 Å². The molecule has 3 rings (SSSR count). The van der Waals surface area contributed by atoms with Gasteiger partial charge >= 0.3 is 0 Å². The number of rotatable bonds is 5. The molecule has 1 aliphatic rings. The Morgan fingerprint density at radius 3 is 2.54 bits per heavy atom. The maximum absolute atomic E-state index is 14.1. The van der Waals surface area contributed by atoms with Crippen LogP contribution in [-0.2, 0) is 6.54 Å². The van der Waals surface area contributed by atoms with Gasteiger partial charge < -0.3 is 15.8 Å². The van der Waals surface area contributed by atoms with Gasteiger partial charge in [0, 0.05) is 11.3 Å². The minimum atomic E-state index is -0.213. The zero-order valence-corrected chi connectivity index (χ0v) is 15.8. The molecule has 2 aromatic carbocycles. The van der Waals surface area contributed by atoms with E-state index in [9.17, 15) is 4.39 Å². The van der Waals surface area contributed by atoms with Crippen molar-refractivity contribution in [1.29, 1.82) is 0 Å². The van der Waals surface area contributed by atoms with E-state index in [4.69, 9.17) is 10.5 Å². The van der Waals surface area contributed by atoms with Gasteiger partial charge in [-0.3, -0.25) is 0 Å². The van der Waals surface area contributed by atoms with Crippen LogP contribution < -0.4 is 15.8 Å². The molecule has 0 radical (unpaired) electrons. The Labute approximate surface area is 158 Å². The minimum Gasteiger partial charge on any atom is -0.497 e. The van der Waals surface area contributed by atoms with Crippen molar-refractivity contribution in [2.75, 3.05) is 12.4 Å². The summed E-state index contributed by atoms with van der Waals surface area (Å²) in [6.07, 6.45) is 2.32. The number of hydrogen-bond acceptors (Lipinski definition) is 2. The number of guanidine groups is 1. The van der Waals surface area contributed by atoms with Crippen LogP contribution in [0.1, 0.15) is 29.9 Å². The van der Waals surface area contributed by atoms with E-state index < -0.39 is 0 Å². The average molecular weight is 441 g/mol. The van der Waals surface area contributed by atoms with Crippen LogP contribution in [0.4, 0.5) is 10.1 Å². The predicted molar refractivity (Wildman–Crippen MR) is 106 cm³/mol. The lowest BCUT2D eigenvalue weighted by Crippen LogP contribution is -2.22. The quantitative estimate of drug-likeness (QED) is 0.414. The number of methoxy groups -OCH3 is 1. The second-order valence-corrected chi connectivity index (χ2v) is 5.68. The number of nitrogens with zero attached hydrogens (tertiary/aromatic N) is 1. The van der Waals surface area contributed by atoms with Crippen molar-refractivity contribution >= 4 is 35.6 Å². The standard InChI is InChI=1S/C18H20FN3O.HI/c1-23-16-8-6-15(7-9-16)22-18(20)21-11-14-5-4-13(10-17(14)19)12-2-3-12;/h4-10,12H,2-3,11H2,1H3,(H3,20,21,22);1H. The molecule has 0 saturated heterocycles. The van der Waals surface area contributed by atoms with Crippen molar-refractivity contribution < 1.29 is 9.13 Å². The van der Waals surface area contributed by atoms with Crippen LogP contribution in [-0.4, -0.2) is 13.1 Å². The fraction of sp³-hybridized carbons (Fsp3) is 0.278. The molecular formula is C18H21FIN3O. The smallest absolute Gasteiger partial charge is 0.193 e. The SMILES string of the molecule is COc1ccc(NC(N)=NCc2ccc(C3CC3)cc2F)cc1.I. The number of hydrogen-bond donors (Lipinski definition) is 2. The summed E-state index contributed by atoms with van der Waals surface area (Å²) in [4.78, 5) is 4.20. The molecule has 0 heterocycles. The van der Waals surface area contributed by atoms with E-state index in [-0.39, 0.29) is 42.3 Å². The Balaban J connectivity index is 0.00000208. The molecule has 24 heavy (non-hydrogen) atoms. The second-order valence-electron chi connectivity index (χ2n) is 5.68. The van der Waals surface area contributed by atoms with Crippen LogP contribution in [0.15, 0.2) is 47.5 Å². The first-order chi connectivity index (χ1) is 11.2. The van der Waals surface area contributed by atoms with Crippen LogP contribution in [0.3, 0.4) is 0 Å². The number of aliphatic imine (C=N–C) groups is 1. The van der Waals surface area contributed by atoms with E-state index >= 15 is 0 Å². The number of ether oxygens (including phenoxy) is 1. The Kier molecular flexibility index (Phi) is 6.42. The zero-order valence-electron chi connectivity index (χ0n) is 13.5. The van der Waals surface area contributed by atoms with Crippen LogP contribution in [0, 0.1) is 5.82 Å². The number of nitrogens with one attached hydrogen (secondary N) is 1. The maximum Gasteiger partial charge on any atom is 0.193 e. The first-order valence-corrected chi connectivity index (χ1v) is 7.65. The molecule has 0 atom stereocenters. The van der Waals surface area contributed by atoms with Gasteiger partial charge in [0.05, 0.1) is 13.7 Å². The molecule has 1 fully saturated rings. The molecule has 0 unspecified atom stereocenters. The Bertz CT molecular complexity index is 715. The normalized spacial score (nSPS) is 14.0. The highest BCUT2D eigenvalue weighted by molar-refractivity contribution is 14.0. The summed E-state index contributed by atoms with van der Waals surface area (Å²) in [7, 11) is 1.61. The van der Waals surface area contributed by atoms with Gasteiger partial charge in [-0.15, -0.1) is 24.0 Å². The fourth-order valence-electron chi connectivity index (χ4n) is 2.39. The highest BCUT2D eigenvalue weighted by Crippen LogP contribution is 2.40. The second kappa shape index (κ2) is 8.32. The molecular weight excluding hydrogens is 420 g/mol. The van der Waals surface area contributed by atoms with E-state index in [0.29, 0.717) is 11.5 Å². The topological polar surface area (TPSA) is 59.6 Å². The maximum atomic E-state index is 14.1. The molecule has 2 aromatic rings. The third kappa shape index (κ3) is 4.83. The monoisotopic (exact) mass is 441 g/mol. The van der Waals surface area contributed by atoms with Gasteiger partial charge in [0.15, 0.2) is 5.96 Å². The van der Waals surface area contributed by atoms with Crippen LogP contribution in [0.2, 0.25) is 0 Å². The van der Waals surface area contributed by atoms with Crippen molar-refractivity contribution in [3.05, 3.63) is 59.4 Å². The van der Waals surface area contributed by atoms with Crippen molar-refractivity contribution in [2.24, 2.45) is 10.7 Å². The van der Waals surface area contributed by atoms with E-state index in [1.165, 1.54) is 0 Å². The summed E-state index contributed by atoms with van der Waals surface area (Å²) >= 11 is 0. The third-order valence-electron chi connectivity index (χ3n) is 3.91. The van der Waals surface area contributed by atoms with E-state index in [1.807, 2.05) is 30.3 Å². The van der Waals surface area contributed by atoms with Crippen molar-refractivity contribution in [3.8, 4) is 5.75 Å². The summed E-state index contributed by atoms with van der Waals surface area (Å²) in [5.41, 5.74) is 8.28. The van der Waals surface area contributed by atoms with E-state index in [0.717, 1.165) is 29.8 Å². The van der Waals surface area contributed by atoms with Crippen LogP contribution in [0.25, 0.3) is 0 Å². The molecule has 0 spiro atoms. The highest BCUT2D eigenvalue weighted by atomic mass is 127. The predicted octanol–water partition coefficient (Wildman–Crippen LogP) is 4.26. The van der Waals surface area contributed by atoms with Crippen molar-refractivity contribution in [2.45, 2.75) is 25.3 Å². The summed E-state index contributed by atoms with van der Waals surface area (Å²) < 4.78 is 19.1. The van der Waals surface area contributed by atoms with Crippen LogP contribution in [0.5, 0.6) is 5.75 Å². The van der Waals surface area contributed by atoms with Crippen molar-refractivity contribution in [1.82, 2.24) is 0 Å².